The second kappa shape index (κ2) is 6.89. The fourth-order valence-electron chi connectivity index (χ4n) is 2.49. The minimum atomic E-state index is -0.719. The van der Waals surface area contributed by atoms with Crippen molar-refractivity contribution in [1.29, 1.82) is 10.5 Å². The van der Waals surface area contributed by atoms with Crippen molar-refractivity contribution in [3.8, 4) is 12.1 Å². The molecule has 6 nitrogen and oxygen atoms in total. The molecule has 1 heterocycles. The monoisotopic (exact) mass is 314 g/mol. The Balaban J connectivity index is 2.19. The van der Waals surface area contributed by atoms with Gasteiger partial charge >= 0.3 is 6.03 Å². The van der Waals surface area contributed by atoms with Gasteiger partial charge in [-0.1, -0.05) is 0 Å². The van der Waals surface area contributed by atoms with E-state index >= 15 is 0 Å². The Morgan fingerprint density at radius 1 is 1.26 bits per heavy atom. The fourth-order valence-corrected chi connectivity index (χ4v) is 2.49. The molecule has 1 aromatic carbocycles. The first-order chi connectivity index (χ1) is 11.0. The van der Waals surface area contributed by atoms with Crippen LogP contribution in [0.5, 0.6) is 0 Å². The summed E-state index contributed by atoms with van der Waals surface area (Å²) in [6, 6.07) is 7.99. The molecule has 23 heavy (non-hydrogen) atoms. The van der Waals surface area contributed by atoms with Crippen LogP contribution in [0.25, 0.3) is 0 Å². The minimum absolute atomic E-state index is 0.0438. The summed E-state index contributed by atoms with van der Waals surface area (Å²) in [5.41, 5.74) is 0.422. The third-order valence-electron chi connectivity index (χ3n) is 3.74. The largest absolute Gasteiger partial charge is 0.332 e. The summed E-state index contributed by atoms with van der Waals surface area (Å²) in [5.74, 6) is -1.42. The van der Waals surface area contributed by atoms with Crippen LogP contribution in [-0.2, 0) is 4.79 Å². The van der Waals surface area contributed by atoms with Crippen LogP contribution in [0.4, 0.5) is 14.9 Å². The van der Waals surface area contributed by atoms with E-state index < -0.39 is 29.7 Å². The molecule has 7 heteroatoms. The molecule has 3 amide bonds. The highest BCUT2D eigenvalue weighted by Crippen LogP contribution is 2.27. The summed E-state index contributed by atoms with van der Waals surface area (Å²) >= 11 is 0. The molecule has 2 unspecified atom stereocenters. The Kier molecular flexibility index (Phi) is 4.92. The smallest absolute Gasteiger partial charge is 0.282 e. The van der Waals surface area contributed by atoms with E-state index in [1.807, 2.05) is 12.1 Å². The second-order valence-electron chi connectivity index (χ2n) is 5.28. The van der Waals surface area contributed by atoms with Gasteiger partial charge in [-0.3, -0.25) is 14.6 Å². The molecule has 0 radical (unpaired) electrons. The molecule has 0 aliphatic carbocycles. The maximum atomic E-state index is 13.0. The van der Waals surface area contributed by atoms with E-state index in [2.05, 4.69) is 0 Å². The van der Waals surface area contributed by atoms with Crippen LogP contribution in [-0.4, -0.2) is 29.4 Å². The molecule has 1 aliphatic heterocycles. The van der Waals surface area contributed by atoms with Crippen LogP contribution < -0.4 is 4.90 Å². The average Bonchev–Trinajstić information content (AvgIpc) is 2.75. The van der Waals surface area contributed by atoms with Gasteiger partial charge in [0.2, 0.25) is 0 Å². The summed E-state index contributed by atoms with van der Waals surface area (Å²) in [5, 5.41) is 17.7. The lowest BCUT2D eigenvalue weighted by Crippen LogP contribution is -2.36. The van der Waals surface area contributed by atoms with Gasteiger partial charge in [-0.25, -0.2) is 9.18 Å². The summed E-state index contributed by atoms with van der Waals surface area (Å²) in [6.45, 7) is 1.54. The van der Waals surface area contributed by atoms with Gasteiger partial charge in [-0.05, 0) is 37.6 Å². The van der Waals surface area contributed by atoms with Crippen molar-refractivity contribution in [3.63, 3.8) is 0 Å². The van der Waals surface area contributed by atoms with Crippen molar-refractivity contribution in [2.75, 3.05) is 11.4 Å². The quantitative estimate of drug-likeness (QED) is 0.781. The highest BCUT2D eigenvalue weighted by Gasteiger charge is 2.43. The zero-order chi connectivity index (χ0) is 17.0. The maximum absolute atomic E-state index is 13.0. The lowest BCUT2D eigenvalue weighted by molar-refractivity contribution is -0.127. The Morgan fingerprint density at radius 2 is 1.91 bits per heavy atom. The van der Waals surface area contributed by atoms with Crippen molar-refractivity contribution in [2.45, 2.75) is 25.8 Å². The topological polar surface area (TPSA) is 88.2 Å². The first-order valence-corrected chi connectivity index (χ1v) is 7.16. The van der Waals surface area contributed by atoms with Crippen molar-refractivity contribution in [2.24, 2.45) is 5.92 Å². The number of amides is 3. The number of nitrogens with zero attached hydrogens (tertiary/aromatic N) is 4. The zero-order valence-electron chi connectivity index (χ0n) is 12.6. The normalized spacial score (nSPS) is 18.7. The van der Waals surface area contributed by atoms with Gasteiger partial charge < -0.3 is 0 Å². The summed E-state index contributed by atoms with van der Waals surface area (Å²) in [6.07, 6.45) is 0.487. The van der Waals surface area contributed by atoms with Crippen molar-refractivity contribution < 1.29 is 14.0 Å². The summed E-state index contributed by atoms with van der Waals surface area (Å²) in [7, 11) is 0. The SMILES string of the molecule is CC1C(=O)N(CC(C#N)CCC#N)C(=O)N1c1ccc(F)cc1. The Labute approximate surface area is 133 Å². The molecular formula is C16H15FN4O2. The van der Waals surface area contributed by atoms with Crippen LogP contribution in [0.3, 0.4) is 0 Å². The molecule has 0 bridgehead atoms. The third-order valence-corrected chi connectivity index (χ3v) is 3.74. The molecule has 0 N–H and O–H groups in total. The van der Waals surface area contributed by atoms with E-state index in [1.165, 1.54) is 29.2 Å². The van der Waals surface area contributed by atoms with Crippen molar-refractivity contribution in [3.05, 3.63) is 30.1 Å². The number of carbonyl (C=O) groups is 2. The standard InChI is InChI=1S/C16H15FN4O2/c1-11-15(22)20(10-12(9-19)3-2-8-18)16(23)21(11)14-6-4-13(17)5-7-14/h4-7,11-12H,2-3,10H2,1H3. The number of nitriles is 2. The molecule has 2 rings (SSSR count). The molecule has 1 aromatic rings. The second-order valence-corrected chi connectivity index (χ2v) is 5.28. The summed E-state index contributed by atoms with van der Waals surface area (Å²) < 4.78 is 13.0. The first kappa shape index (κ1) is 16.4. The van der Waals surface area contributed by atoms with Gasteiger partial charge in [0, 0.05) is 18.7 Å². The molecule has 1 saturated heterocycles. The van der Waals surface area contributed by atoms with Gasteiger partial charge in [-0.15, -0.1) is 0 Å². The molecular weight excluding hydrogens is 299 g/mol. The molecule has 0 saturated carbocycles. The number of carbonyl (C=O) groups excluding carboxylic acids is 2. The number of urea groups is 1. The molecule has 2 atom stereocenters. The van der Waals surface area contributed by atoms with E-state index in [4.69, 9.17) is 10.5 Å². The van der Waals surface area contributed by atoms with Gasteiger partial charge in [0.1, 0.15) is 11.9 Å². The molecule has 1 aliphatic rings. The number of halogens is 1. The highest BCUT2D eigenvalue weighted by atomic mass is 19.1. The van der Waals surface area contributed by atoms with Gasteiger partial charge in [-0.2, -0.15) is 10.5 Å². The van der Waals surface area contributed by atoms with E-state index in [0.29, 0.717) is 12.1 Å². The fraction of sp³-hybridized carbons (Fsp3) is 0.375. The average molecular weight is 314 g/mol. The van der Waals surface area contributed by atoms with Gasteiger partial charge in [0.25, 0.3) is 5.91 Å². The van der Waals surface area contributed by atoms with Crippen LogP contribution in [0.1, 0.15) is 19.8 Å². The van der Waals surface area contributed by atoms with E-state index in [0.717, 1.165) is 4.90 Å². The zero-order valence-corrected chi connectivity index (χ0v) is 12.6. The van der Waals surface area contributed by atoms with E-state index in [1.54, 1.807) is 6.92 Å². The van der Waals surface area contributed by atoms with Crippen molar-refractivity contribution in [1.82, 2.24) is 4.90 Å². The van der Waals surface area contributed by atoms with Gasteiger partial charge in [0.05, 0.1) is 18.1 Å². The number of anilines is 1. The lowest BCUT2D eigenvalue weighted by atomic mass is 10.1. The van der Waals surface area contributed by atoms with E-state index in [9.17, 15) is 14.0 Å². The van der Waals surface area contributed by atoms with Gasteiger partial charge in [0.15, 0.2) is 0 Å². The highest BCUT2D eigenvalue weighted by molar-refractivity contribution is 6.14. The summed E-state index contributed by atoms with van der Waals surface area (Å²) in [4.78, 5) is 27.1. The first-order valence-electron chi connectivity index (χ1n) is 7.16. The molecule has 0 aromatic heterocycles. The Morgan fingerprint density at radius 3 is 2.48 bits per heavy atom. The minimum Gasteiger partial charge on any atom is -0.282 e. The van der Waals surface area contributed by atoms with Crippen LogP contribution in [0.15, 0.2) is 24.3 Å². The maximum Gasteiger partial charge on any atom is 0.332 e. The number of rotatable bonds is 5. The predicted octanol–water partition coefficient (Wildman–Crippen LogP) is 2.43. The molecule has 0 spiro atoms. The molecule has 118 valence electrons. The number of imide groups is 1. The Bertz CT molecular complexity index is 690. The Hall–Kier alpha value is -2.93. The van der Waals surface area contributed by atoms with Crippen LogP contribution >= 0.6 is 0 Å². The lowest BCUT2D eigenvalue weighted by Gasteiger charge is -2.20. The van der Waals surface area contributed by atoms with E-state index in [-0.39, 0.29) is 13.0 Å². The predicted molar refractivity (Wildman–Crippen MR) is 79.4 cm³/mol. The number of hydrogen-bond acceptors (Lipinski definition) is 4. The number of benzene rings is 1. The molecule has 1 fully saturated rings. The van der Waals surface area contributed by atoms with Crippen molar-refractivity contribution >= 4 is 17.6 Å². The van der Waals surface area contributed by atoms with Crippen LogP contribution in [0, 0.1) is 34.4 Å². The van der Waals surface area contributed by atoms with Crippen LogP contribution in [0.2, 0.25) is 0 Å². The third kappa shape index (κ3) is 3.29. The number of hydrogen-bond donors (Lipinski definition) is 0.